The SMILES string of the molecule is CC(C)OCCOc1ccccc1CCl. The van der Waals surface area contributed by atoms with Gasteiger partial charge in [-0.25, -0.2) is 0 Å². The molecule has 2 nitrogen and oxygen atoms in total. The highest BCUT2D eigenvalue weighted by atomic mass is 35.5. The molecule has 0 fully saturated rings. The Bertz CT molecular complexity index is 287. The van der Waals surface area contributed by atoms with Crippen LogP contribution in [0.4, 0.5) is 0 Å². The lowest BCUT2D eigenvalue weighted by Crippen LogP contribution is -2.11. The minimum absolute atomic E-state index is 0.247. The summed E-state index contributed by atoms with van der Waals surface area (Å²) in [5.74, 6) is 1.32. The number of rotatable bonds is 6. The number of benzene rings is 1. The molecule has 0 saturated carbocycles. The lowest BCUT2D eigenvalue weighted by molar-refractivity contribution is 0.0551. The van der Waals surface area contributed by atoms with Gasteiger partial charge in [-0.3, -0.25) is 0 Å². The fourth-order valence-corrected chi connectivity index (χ4v) is 1.41. The number of alkyl halides is 1. The van der Waals surface area contributed by atoms with Crippen molar-refractivity contribution in [3.05, 3.63) is 29.8 Å². The van der Waals surface area contributed by atoms with Crippen LogP contribution in [0.3, 0.4) is 0 Å². The summed E-state index contributed by atoms with van der Waals surface area (Å²) < 4.78 is 10.9. The number of halogens is 1. The molecule has 0 bridgehead atoms. The Balaban J connectivity index is 2.36. The molecule has 84 valence electrons. The predicted octanol–water partition coefficient (Wildman–Crippen LogP) is 3.23. The van der Waals surface area contributed by atoms with Crippen molar-refractivity contribution in [1.29, 1.82) is 0 Å². The van der Waals surface area contributed by atoms with Gasteiger partial charge in [-0.1, -0.05) is 18.2 Å². The zero-order valence-corrected chi connectivity index (χ0v) is 9.96. The van der Waals surface area contributed by atoms with Crippen molar-refractivity contribution < 1.29 is 9.47 Å². The van der Waals surface area contributed by atoms with Gasteiger partial charge in [-0.05, 0) is 19.9 Å². The molecule has 1 aromatic carbocycles. The highest BCUT2D eigenvalue weighted by Gasteiger charge is 2.01. The van der Waals surface area contributed by atoms with Crippen molar-refractivity contribution in [3.63, 3.8) is 0 Å². The third-order valence-electron chi connectivity index (χ3n) is 1.91. The number of hydrogen-bond donors (Lipinski definition) is 0. The minimum Gasteiger partial charge on any atom is -0.491 e. The predicted molar refractivity (Wildman–Crippen MR) is 62.6 cm³/mol. The van der Waals surface area contributed by atoms with Crippen LogP contribution >= 0.6 is 11.6 Å². The van der Waals surface area contributed by atoms with Gasteiger partial charge in [0, 0.05) is 5.56 Å². The smallest absolute Gasteiger partial charge is 0.123 e. The summed E-state index contributed by atoms with van der Waals surface area (Å²) >= 11 is 5.78. The van der Waals surface area contributed by atoms with Gasteiger partial charge in [0.25, 0.3) is 0 Å². The van der Waals surface area contributed by atoms with Gasteiger partial charge in [-0.2, -0.15) is 0 Å². The summed E-state index contributed by atoms with van der Waals surface area (Å²) in [5.41, 5.74) is 1.02. The number of hydrogen-bond acceptors (Lipinski definition) is 2. The van der Waals surface area contributed by atoms with Crippen molar-refractivity contribution in [2.24, 2.45) is 0 Å². The van der Waals surface area contributed by atoms with Crippen LogP contribution in [0.2, 0.25) is 0 Å². The summed E-state index contributed by atoms with van der Waals surface area (Å²) in [6.07, 6.45) is 0.247. The van der Waals surface area contributed by atoms with Gasteiger partial charge < -0.3 is 9.47 Å². The van der Waals surface area contributed by atoms with E-state index < -0.39 is 0 Å². The van der Waals surface area contributed by atoms with E-state index in [9.17, 15) is 0 Å². The molecular formula is C12H17ClO2. The van der Waals surface area contributed by atoms with Crippen molar-refractivity contribution in [2.45, 2.75) is 25.8 Å². The molecule has 0 aliphatic rings. The first-order valence-corrected chi connectivity index (χ1v) is 5.65. The Morgan fingerprint density at radius 1 is 1.20 bits per heavy atom. The fraction of sp³-hybridized carbons (Fsp3) is 0.500. The van der Waals surface area contributed by atoms with E-state index in [2.05, 4.69) is 0 Å². The molecule has 15 heavy (non-hydrogen) atoms. The first-order chi connectivity index (χ1) is 7.24. The molecule has 0 heterocycles. The summed E-state index contributed by atoms with van der Waals surface area (Å²) in [6.45, 7) is 5.18. The Labute approximate surface area is 96.2 Å². The second-order valence-corrected chi connectivity index (χ2v) is 3.78. The van der Waals surface area contributed by atoms with Crippen molar-refractivity contribution in [1.82, 2.24) is 0 Å². The summed E-state index contributed by atoms with van der Waals surface area (Å²) in [7, 11) is 0. The topological polar surface area (TPSA) is 18.5 Å². The normalized spacial score (nSPS) is 10.7. The van der Waals surface area contributed by atoms with E-state index in [1.165, 1.54) is 0 Å². The third kappa shape index (κ3) is 4.54. The molecule has 0 amide bonds. The summed E-state index contributed by atoms with van der Waals surface area (Å²) in [4.78, 5) is 0. The molecule has 0 atom stereocenters. The molecule has 0 aliphatic carbocycles. The van der Waals surface area contributed by atoms with E-state index in [-0.39, 0.29) is 6.10 Å². The second-order valence-electron chi connectivity index (χ2n) is 3.51. The largest absolute Gasteiger partial charge is 0.491 e. The minimum atomic E-state index is 0.247. The molecular weight excluding hydrogens is 212 g/mol. The Morgan fingerprint density at radius 3 is 2.60 bits per heavy atom. The second kappa shape index (κ2) is 6.70. The van der Waals surface area contributed by atoms with E-state index >= 15 is 0 Å². The first-order valence-electron chi connectivity index (χ1n) is 5.12. The number of ether oxygens (including phenoxy) is 2. The van der Waals surface area contributed by atoms with Gasteiger partial charge in [0.1, 0.15) is 12.4 Å². The summed E-state index contributed by atoms with van der Waals surface area (Å²) in [5, 5.41) is 0. The van der Waals surface area contributed by atoms with E-state index in [0.29, 0.717) is 19.1 Å². The van der Waals surface area contributed by atoms with E-state index in [1.54, 1.807) is 0 Å². The van der Waals surface area contributed by atoms with Gasteiger partial charge in [-0.15, -0.1) is 11.6 Å². The lowest BCUT2D eigenvalue weighted by Gasteiger charge is -2.11. The average molecular weight is 229 g/mol. The molecule has 0 spiro atoms. The highest BCUT2D eigenvalue weighted by Crippen LogP contribution is 2.19. The molecule has 1 rings (SSSR count). The van der Waals surface area contributed by atoms with Crippen LogP contribution in [0, 0.1) is 0 Å². The van der Waals surface area contributed by atoms with Crippen LogP contribution in [0.5, 0.6) is 5.75 Å². The molecule has 0 aromatic heterocycles. The van der Waals surface area contributed by atoms with E-state index in [1.807, 2.05) is 38.1 Å². The van der Waals surface area contributed by atoms with Gasteiger partial charge in [0.15, 0.2) is 0 Å². The molecule has 0 radical (unpaired) electrons. The molecule has 0 N–H and O–H groups in total. The Kier molecular flexibility index (Phi) is 5.51. The zero-order valence-electron chi connectivity index (χ0n) is 9.20. The quantitative estimate of drug-likeness (QED) is 0.550. The van der Waals surface area contributed by atoms with Crippen molar-refractivity contribution in [2.75, 3.05) is 13.2 Å². The maximum atomic E-state index is 5.78. The van der Waals surface area contributed by atoms with Crippen molar-refractivity contribution >= 4 is 11.6 Å². The van der Waals surface area contributed by atoms with Gasteiger partial charge in [0.2, 0.25) is 0 Å². The van der Waals surface area contributed by atoms with E-state index in [4.69, 9.17) is 21.1 Å². The van der Waals surface area contributed by atoms with Crippen LogP contribution < -0.4 is 4.74 Å². The standard InChI is InChI=1S/C12H17ClO2/c1-10(2)14-7-8-15-12-6-4-3-5-11(12)9-13/h3-6,10H,7-9H2,1-2H3. The molecule has 0 unspecified atom stereocenters. The lowest BCUT2D eigenvalue weighted by atomic mass is 10.2. The van der Waals surface area contributed by atoms with Crippen LogP contribution in [-0.2, 0) is 10.6 Å². The maximum Gasteiger partial charge on any atom is 0.123 e. The third-order valence-corrected chi connectivity index (χ3v) is 2.20. The van der Waals surface area contributed by atoms with Gasteiger partial charge in [0.05, 0.1) is 18.6 Å². The monoisotopic (exact) mass is 228 g/mol. The van der Waals surface area contributed by atoms with Crippen LogP contribution in [-0.4, -0.2) is 19.3 Å². The fourth-order valence-electron chi connectivity index (χ4n) is 1.19. The zero-order chi connectivity index (χ0) is 11.1. The summed E-state index contributed by atoms with van der Waals surface area (Å²) in [6, 6.07) is 7.78. The highest BCUT2D eigenvalue weighted by molar-refractivity contribution is 6.17. The first kappa shape index (κ1) is 12.3. The van der Waals surface area contributed by atoms with Crippen LogP contribution in [0.1, 0.15) is 19.4 Å². The molecule has 1 aromatic rings. The molecule has 3 heteroatoms. The average Bonchev–Trinajstić information content (AvgIpc) is 2.24. The van der Waals surface area contributed by atoms with Crippen LogP contribution in [0.15, 0.2) is 24.3 Å². The number of para-hydroxylation sites is 1. The Morgan fingerprint density at radius 2 is 1.93 bits per heavy atom. The molecule has 0 aliphatic heterocycles. The molecule has 0 saturated heterocycles. The maximum absolute atomic E-state index is 5.78. The Hall–Kier alpha value is -0.730. The van der Waals surface area contributed by atoms with Crippen molar-refractivity contribution in [3.8, 4) is 5.75 Å². The van der Waals surface area contributed by atoms with Crippen LogP contribution in [0.25, 0.3) is 0 Å². The van der Waals surface area contributed by atoms with Gasteiger partial charge >= 0.3 is 0 Å². The van der Waals surface area contributed by atoms with E-state index in [0.717, 1.165) is 11.3 Å².